The van der Waals surface area contributed by atoms with Gasteiger partial charge < -0.3 is 9.47 Å². The predicted octanol–water partition coefficient (Wildman–Crippen LogP) is 2.28. The Hall–Kier alpha value is -3.35. The van der Waals surface area contributed by atoms with Gasteiger partial charge in [-0.05, 0) is 55.2 Å². The molecule has 4 rings (SSSR count). The average molecular weight is 379 g/mol. The van der Waals surface area contributed by atoms with E-state index in [1.54, 1.807) is 25.3 Å². The van der Waals surface area contributed by atoms with Crippen molar-refractivity contribution in [1.29, 1.82) is 0 Å². The van der Waals surface area contributed by atoms with Gasteiger partial charge in [0.1, 0.15) is 18.0 Å². The zero-order chi connectivity index (χ0) is 19.5. The largest absolute Gasteiger partial charge is 0.497 e. The first-order chi connectivity index (χ1) is 13.7. The standard InChI is InChI=1S/C21H21N3O4/c1-27-15-9-10-16-14(11-15)5-4-6-17(16)22-23-20(25)12-24-18-7-2-3-8-19(18)28-13-21(24)26/h2-3,7-11H,4-6,12-13H2,1H3,(H,23,25). The van der Waals surface area contributed by atoms with Gasteiger partial charge in [-0.15, -0.1) is 0 Å². The molecule has 0 bridgehead atoms. The molecule has 0 saturated carbocycles. The van der Waals surface area contributed by atoms with Gasteiger partial charge in [0.15, 0.2) is 6.61 Å². The molecule has 1 heterocycles. The number of amides is 2. The molecule has 1 aliphatic carbocycles. The van der Waals surface area contributed by atoms with Crippen LogP contribution in [0.5, 0.6) is 11.5 Å². The first kappa shape index (κ1) is 18.0. The van der Waals surface area contributed by atoms with Crippen LogP contribution in [0.1, 0.15) is 24.0 Å². The van der Waals surface area contributed by atoms with Gasteiger partial charge in [0.2, 0.25) is 0 Å². The molecule has 0 spiro atoms. The van der Waals surface area contributed by atoms with Crippen molar-refractivity contribution in [3.05, 3.63) is 53.6 Å². The minimum absolute atomic E-state index is 0.0754. The molecule has 28 heavy (non-hydrogen) atoms. The number of nitrogens with zero attached hydrogens (tertiary/aromatic N) is 2. The second kappa shape index (κ2) is 7.72. The second-order valence-electron chi connectivity index (χ2n) is 6.71. The number of fused-ring (bicyclic) bond motifs is 2. The highest BCUT2D eigenvalue weighted by Crippen LogP contribution is 2.31. The van der Waals surface area contributed by atoms with Crippen LogP contribution in [0.15, 0.2) is 47.6 Å². The maximum atomic E-state index is 12.4. The van der Waals surface area contributed by atoms with E-state index in [0.29, 0.717) is 11.4 Å². The molecule has 0 radical (unpaired) electrons. The lowest BCUT2D eigenvalue weighted by molar-refractivity contribution is -0.125. The number of para-hydroxylation sites is 2. The first-order valence-electron chi connectivity index (χ1n) is 9.20. The van der Waals surface area contributed by atoms with E-state index in [4.69, 9.17) is 9.47 Å². The fraction of sp³-hybridized carbons (Fsp3) is 0.286. The summed E-state index contributed by atoms with van der Waals surface area (Å²) in [6, 6.07) is 13.0. The number of nitrogens with one attached hydrogen (secondary N) is 1. The summed E-state index contributed by atoms with van der Waals surface area (Å²) >= 11 is 0. The minimum Gasteiger partial charge on any atom is -0.497 e. The quantitative estimate of drug-likeness (QED) is 0.827. The van der Waals surface area contributed by atoms with Crippen molar-refractivity contribution in [3.63, 3.8) is 0 Å². The lowest BCUT2D eigenvalue weighted by Crippen LogP contribution is -2.44. The summed E-state index contributed by atoms with van der Waals surface area (Å²) in [6.07, 6.45) is 2.71. The van der Waals surface area contributed by atoms with Crippen molar-refractivity contribution in [2.45, 2.75) is 19.3 Å². The molecule has 2 aliphatic rings. The second-order valence-corrected chi connectivity index (χ2v) is 6.71. The van der Waals surface area contributed by atoms with E-state index in [1.165, 1.54) is 4.90 Å². The van der Waals surface area contributed by atoms with Crippen molar-refractivity contribution < 1.29 is 19.1 Å². The molecule has 0 atom stereocenters. The van der Waals surface area contributed by atoms with Crippen LogP contribution in [0.2, 0.25) is 0 Å². The summed E-state index contributed by atoms with van der Waals surface area (Å²) < 4.78 is 10.7. The van der Waals surface area contributed by atoms with Crippen LogP contribution >= 0.6 is 0 Å². The zero-order valence-corrected chi connectivity index (χ0v) is 15.6. The fourth-order valence-corrected chi connectivity index (χ4v) is 3.52. The summed E-state index contributed by atoms with van der Waals surface area (Å²) in [7, 11) is 1.64. The van der Waals surface area contributed by atoms with Crippen molar-refractivity contribution >= 4 is 23.2 Å². The molecule has 1 aliphatic heterocycles. The average Bonchev–Trinajstić information content (AvgIpc) is 2.73. The molecule has 0 fully saturated rings. The van der Waals surface area contributed by atoms with Crippen LogP contribution < -0.4 is 19.8 Å². The number of anilines is 1. The summed E-state index contributed by atoms with van der Waals surface area (Å²) in [4.78, 5) is 26.1. The zero-order valence-electron chi connectivity index (χ0n) is 15.6. The summed E-state index contributed by atoms with van der Waals surface area (Å²) in [5.41, 5.74) is 6.23. The molecule has 2 amide bonds. The van der Waals surface area contributed by atoms with Crippen molar-refractivity contribution in [2.75, 3.05) is 25.2 Å². The van der Waals surface area contributed by atoms with Crippen molar-refractivity contribution in [3.8, 4) is 11.5 Å². The van der Waals surface area contributed by atoms with Crippen molar-refractivity contribution in [1.82, 2.24) is 5.43 Å². The predicted molar refractivity (Wildman–Crippen MR) is 105 cm³/mol. The third-order valence-electron chi connectivity index (χ3n) is 4.91. The highest BCUT2D eigenvalue weighted by molar-refractivity contribution is 6.04. The van der Waals surface area contributed by atoms with E-state index >= 15 is 0 Å². The van der Waals surface area contributed by atoms with Gasteiger partial charge in [0.05, 0.1) is 18.5 Å². The van der Waals surface area contributed by atoms with E-state index in [2.05, 4.69) is 10.5 Å². The number of hydrogen-bond donors (Lipinski definition) is 1. The fourth-order valence-electron chi connectivity index (χ4n) is 3.52. The van der Waals surface area contributed by atoms with E-state index < -0.39 is 0 Å². The molecule has 0 unspecified atom stereocenters. The maximum absolute atomic E-state index is 12.4. The molecule has 2 aromatic carbocycles. The number of hydrogen-bond acceptors (Lipinski definition) is 5. The van der Waals surface area contributed by atoms with Crippen LogP contribution in [0, 0.1) is 0 Å². The van der Waals surface area contributed by atoms with E-state index in [0.717, 1.165) is 41.9 Å². The molecular weight excluding hydrogens is 358 g/mol. The number of benzene rings is 2. The maximum Gasteiger partial charge on any atom is 0.265 e. The first-order valence-corrected chi connectivity index (χ1v) is 9.20. The molecule has 1 N–H and O–H groups in total. The van der Waals surface area contributed by atoms with Crippen LogP contribution in [0.4, 0.5) is 5.69 Å². The van der Waals surface area contributed by atoms with Gasteiger partial charge in [0, 0.05) is 5.56 Å². The highest BCUT2D eigenvalue weighted by atomic mass is 16.5. The normalized spacial score (nSPS) is 16.8. The van der Waals surface area contributed by atoms with Gasteiger partial charge in [-0.1, -0.05) is 12.1 Å². The van der Waals surface area contributed by atoms with Crippen LogP contribution in [0.25, 0.3) is 0 Å². The Bertz CT molecular complexity index is 954. The lowest BCUT2D eigenvalue weighted by atomic mass is 9.90. The molecule has 0 saturated heterocycles. The third-order valence-corrected chi connectivity index (χ3v) is 4.91. The Morgan fingerprint density at radius 1 is 1.25 bits per heavy atom. The summed E-state index contributed by atoms with van der Waals surface area (Å²) in [5, 5.41) is 4.33. The van der Waals surface area contributed by atoms with Crippen LogP contribution in [-0.4, -0.2) is 37.8 Å². The molecule has 0 aromatic heterocycles. The Labute approximate surface area is 162 Å². The molecule has 7 nitrogen and oxygen atoms in total. The number of aryl methyl sites for hydroxylation is 1. The number of ether oxygens (including phenoxy) is 2. The Kier molecular flexibility index (Phi) is 4.97. The molecule has 2 aromatic rings. The van der Waals surface area contributed by atoms with Crippen LogP contribution in [-0.2, 0) is 16.0 Å². The molecule has 7 heteroatoms. The molecule has 144 valence electrons. The van der Waals surface area contributed by atoms with Gasteiger partial charge in [-0.2, -0.15) is 5.10 Å². The SMILES string of the molecule is COc1ccc2c(c1)CCCC2=NNC(=O)CN1C(=O)COc2ccccc21. The van der Waals surface area contributed by atoms with E-state index in [-0.39, 0.29) is 25.0 Å². The van der Waals surface area contributed by atoms with E-state index in [9.17, 15) is 9.59 Å². The number of hydrazone groups is 1. The number of carbonyl (C=O) groups excluding carboxylic acids is 2. The smallest absolute Gasteiger partial charge is 0.265 e. The van der Waals surface area contributed by atoms with Gasteiger partial charge in [-0.25, -0.2) is 5.43 Å². The third kappa shape index (κ3) is 3.55. The van der Waals surface area contributed by atoms with Crippen LogP contribution in [0.3, 0.4) is 0 Å². The monoisotopic (exact) mass is 379 g/mol. The van der Waals surface area contributed by atoms with Gasteiger partial charge >= 0.3 is 0 Å². The summed E-state index contributed by atoms with van der Waals surface area (Å²) in [5.74, 6) is 0.805. The number of rotatable bonds is 4. The highest BCUT2D eigenvalue weighted by Gasteiger charge is 2.27. The summed E-state index contributed by atoms with van der Waals surface area (Å²) in [6.45, 7) is -0.181. The minimum atomic E-state index is -0.349. The Morgan fingerprint density at radius 2 is 2.11 bits per heavy atom. The van der Waals surface area contributed by atoms with Gasteiger partial charge in [-0.3, -0.25) is 14.5 Å². The lowest BCUT2D eigenvalue weighted by Gasteiger charge is -2.28. The Morgan fingerprint density at radius 3 is 2.96 bits per heavy atom. The Balaban J connectivity index is 1.48. The number of methoxy groups -OCH3 is 1. The topological polar surface area (TPSA) is 80.2 Å². The number of carbonyl (C=O) groups is 2. The molecular formula is C21H21N3O4. The van der Waals surface area contributed by atoms with Gasteiger partial charge in [0.25, 0.3) is 11.8 Å². The van der Waals surface area contributed by atoms with Crippen molar-refractivity contribution in [2.24, 2.45) is 5.10 Å². The van der Waals surface area contributed by atoms with E-state index in [1.807, 2.05) is 24.3 Å².